The Morgan fingerprint density at radius 3 is 2.78 bits per heavy atom. The number of hydrogen-bond donors (Lipinski definition) is 0. The molecule has 0 N–H and O–H groups in total. The largest absolute Gasteiger partial charge is 0.207 e. The highest BCUT2D eigenvalue weighted by Crippen LogP contribution is 1.98. The summed E-state index contributed by atoms with van der Waals surface area (Å²) in [6.45, 7) is 5.31. The summed E-state index contributed by atoms with van der Waals surface area (Å²) in [4.78, 5) is 0. The first kappa shape index (κ1) is 8.15. The molecule has 0 unspecified atom stereocenters. The molecule has 0 aliphatic heterocycles. The molecule has 0 aromatic heterocycles. The lowest BCUT2D eigenvalue weighted by Gasteiger charge is -1.80. The van der Waals surface area contributed by atoms with E-state index < -0.39 is 0 Å². The number of hydrogen-bond acceptors (Lipinski definition) is 0. The average molecular weight is 126 g/mol. The second-order valence-electron chi connectivity index (χ2n) is 1.60. The van der Waals surface area contributed by atoms with Gasteiger partial charge in [-0.2, -0.15) is 0 Å². The van der Waals surface area contributed by atoms with Crippen LogP contribution in [0.25, 0.3) is 0 Å². The molecular formula is C8H11F. The van der Waals surface area contributed by atoms with Crippen molar-refractivity contribution in [2.45, 2.75) is 13.3 Å². The molecule has 0 radical (unpaired) electrons. The third kappa shape index (κ3) is 5.01. The van der Waals surface area contributed by atoms with Gasteiger partial charge in [-0.05, 0) is 18.6 Å². The van der Waals surface area contributed by atoms with E-state index in [1.54, 1.807) is 6.08 Å². The van der Waals surface area contributed by atoms with Crippen LogP contribution >= 0.6 is 0 Å². The lowest BCUT2D eigenvalue weighted by atomic mass is 10.3. The molecule has 0 rings (SSSR count). The minimum Gasteiger partial charge on any atom is -0.207 e. The van der Waals surface area contributed by atoms with Gasteiger partial charge in [0.1, 0.15) is 5.83 Å². The Kier molecular flexibility index (Phi) is 4.79. The van der Waals surface area contributed by atoms with Crippen molar-refractivity contribution >= 4 is 0 Å². The van der Waals surface area contributed by atoms with E-state index in [0.29, 0.717) is 0 Å². The van der Waals surface area contributed by atoms with Gasteiger partial charge in [-0.15, -0.1) is 0 Å². The average Bonchev–Trinajstić information content (AvgIpc) is 1.85. The van der Waals surface area contributed by atoms with E-state index in [0.717, 1.165) is 6.42 Å². The van der Waals surface area contributed by atoms with E-state index in [2.05, 4.69) is 6.58 Å². The fourth-order valence-electron chi connectivity index (χ4n) is 0.399. The van der Waals surface area contributed by atoms with Crippen molar-refractivity contribution in [1.29, 1.82) is 0 Å². The van der Waals surface area contributed by atoms with Gasteiger partial charge in [0.2, 0.25) is 0 Å². The highest BCUT2D eigenvalue weighted by molar-refractivity contribution is 5.15. The van der Waals surface area contributed by atoms with E-state index in [-0.39, 0.29) is 5.83 Å². The van der Waals surface area contributed by atoms with Crippen LogP contribution in [-0.4, -0.2) is 0 Å². The molecule has 9 heavy (non-hydrogen) atoms. The minimum absolute atomic E-state index is 0.244. The lowest BCUT2D eigenvalue weighted by Crippen LogP contribution is -1.61. The highest BCUT2D eigenvalue weighted by atomic mass is 19.1. The van der Waals surface area contributed by atoms with E-state index >= 15 is 0 Å². The summed E-state index contributed by atoms with van der Waals surface area (Å²) in [5.41, 5.74) is 0. The summed E-state index contributed by atoms with van der Waals surface area (Å²) >= 11 is 0. The van der Waals surface area contributed by atoms with Crippen LogP contribution in [0.5, 0.6) is 0 Å². The predicted octanol–water partition coefficient (Wildman–Crippen LogP) is 2.99. The highest BCUT2D eigenvalue weighted by Gasteiger charge is 1.79. The maximum atomic E-state index is 12.3. The Bertz CT molecular complexity index is 132. The van der Waals surface area contributed by atoms with Crippen LogP contribution in [0, 0.1) is 0 Å². The molecule has 0 heterocycles. The minimum atomic E-state index is -0.244. The second kappa shape index (κ2) is 5.29. The summed E-state index contributed by atoms with van der Waals surface area (Å²) in [6, 6.07) is 0. The number of halogens is 1. The first-order chi connectivity index (χ1) is 4.31. The summed E-state index contributed by atoms with van der Waals surface area (Å²) in [6.07, 6.45) is 6.80. The molecule has 0 amide bonds. The fourth-order valence-corrected chi connectivity index (χ4v) is 0.399. The van der Waals surface area contributed by atoms with Crippen molar-refractivity contribution in [3.8, 4) is 0 Å². The zero-order chi connectivity index (χ0) is 7.11. The molecule has 1 heteroatoms. The maximum Gasteiger partial charge on any atom is 0.122 e. The van der Waals surface area contributed by atoms with Crippen molar-refractivity contribution in [1.82, 2.24) is 0 Å². The van der Waals surface area contributed by atoms with E-state index in [9.17, 15) is 4.39 Å². The SMILES string of the molecule is C=C/C=C(F)\C=C\CC. The molecule has 0 nitrogen and oxygen atoms in total. The van der Waals surface area contributed by atoms with Gasteiger partial charge in [0.05, 0.1) is 0 Å². The van der Waals surface area contributed by atoms with E-state index in [1.165, 1.54) is 18.2 Å². The Morgan fingerprint density at radius 2 is 2.33 bits per heavy atom. The second-order valence-corrected chi connectivity index (χ2v) is 1.60. The first-order valence-corrected chi connectivity index (χ1v) is 2.96. The third-order valence-corrected chi connectivity index (χ3v) is 0.790. The van der Waals surface area contributed by atoms with Gasteiger partial charge in [-0.25, -0.2) is 4.39 Å². The van der Waals surface area contributed by atoms with Crippen molar-refractivity contribution in [2.24, 2.45) is 0 Å². The maximum absolute atomic E-state index is 12.3. The predicted molar refractivity (Wildman–Crippen MR) is 38.8 cm³/mol. The van der Waals surface area contributed by atoms with Crippen LogP contribution < -0.4 is 0 Å². The smallest absolute Gasteiger partial charge is 0.122 e. The van der Waals surface area contributed by atoms with Gasteiger partial charge >= 0.3 is 0 Å². The van der Waals surface area contributed by atoms with E-state index in [1.807, 2.05) is 6.92 Å². The normalized spacial score (nSPS) is 12.4. The van der Waals surface area contributed by atoms with Gasteiger partial charge in [0.15, 0.2) is 0 Å². The van der Waals surface area contributed by atoms with Crippen molar-refractivity contribution in [3.05, 3.63) is 36.7 Å². The fraction of sp³-hybridized carbons (Fsp3) is 0.250. The zero-order valence-electron chi connectivity index (χ0n) is 5.60. The molecule has 0 aromatic rings. The zero-order valence-corrected chi connectivity index (χ0v) is 5.60. The van der Waals surface area contributed by atoms with Crippen LogP contribution in [0.2, 0.25) is 0 Å². The molecule has 0 bridgehead atoms. The molecule has 0 saturated heterocycles. The van der Waals surface area contributed by atoms with Gasteiger partial charge < -0.3 is 0 Å². The summed E-state index contributed by atoms with van der Waals surface area (Å²) in [5, 5.41) is 0. The van der Waals surface area contributed by atoms with Gasteiger partial charge in [-0.3, -0.25) is 0 Å². The summed E-state index contributed by atoms with van der Waals surface area (Å²) in [7, 11) is 0. The molecule has 0 aliphatic carbocycles. The number of rotatable bonds is 3. The van der Waals surface area contributed by atoms with Gasteiger partial charge in [0, 0.05) is 0 Å². The van der Waals surface area contributed by atoms with Crippen LogP contribution in [0.4, 0.5) is 4.39 Å². The van der Waals surface area contributed by atoms with Crippen LogP contribution in [0.1, 0.15) is 13.3 Å². The molecule has 0 aromatic carbocycles. The molecule has 0 fully saturated rings. The van der Waals surface area contributed by atoms with Crippen molar-refractivity contribution in [2.75, 3.05) is 0 Å². The number of allylic oxidation sites excluding steroid dienone is 5. The summed E-state index contributed by atoms with van der Waals surface area (Å²) < 4.78 is 12.3. The molecular weight excluding hydrogens is 115 g/mol. The van der Waals surface area contributed by atoms with E-state index in [4.69, 9.17) is 0 Å². The van der Waals surface area contributed by atoms with Crippen molar-refractivity contribution in [3.63, 3.8) is 0 Å². The molecule has 0 atom stereocenters. The molecule has 50 valence electrons. The molecule has 0 aliphatic rings. The Morgan fingerprint density at radius 1 is 1.67 bits per heavy atom. The molecule has 0 saturated carbocycles. The van der Waals surface area contributed by atoms with Crippen LogP contribution in [0.3, 0.4) is 0 Å². The third-order valence-electron chi connectivity index (χ3n) is 0.790. The Labute approximate surface area is 55.4 Å². The van der Waals surface area contributed by atoms with Crippen molar-refractivity contribution < 1.29 is 4.39 Å². The van der Waals surface area contributed by atoms with Gasteiger partial charge in [-0.1, -0.05) is 25.7 Å². The quantitative estimate of drug-likeness (QED) is 0.510. The van der Waals surface area contributed by atoms with Gasteiger partial charge in [0.25, 0.3) is 0 Å². The molecule has 0 spiro atoms. The first-order valence-electron chi connectivity index (χ1n) is 2.96. The van der Waals surface area contributed by atoms with Crippen LogP contribution in [-0.2, 0) is 0 Å². The monoisotopic (exact) mass is 126 g/mol. The summed E-state index contributed by atoms with van der Waals surface area (Å²) in [5.74, 6) is -0.244. The topological polar surface area (TPSA) is 0 Å². The Hall–Kier alpha value is -0.850. The lowest BCUT2D eigenvalue weighted by molar-refractivity contribution is 0.666. The van der Waals surface area contributed by atoms with Crippen LogP contribution in [0.15, 0.2) is 36.7 Å². The standard InChI is InChI=1S/C8H11F/c1-3-5-7-8(9)6-4-2/h4-7H,2-3H2,1H3/b7-5+,8-6+. The Balaban J connectivity index is 3.74.